The second-order valence-corrected chi connectivity index (χ2v) is 12.2. The van der Waals surface area contributed by atoms with E-state index in [9.17, 15) is 14.0 Å². The highest BCUT2D eigenvalue weighted by Gasteiger charge is 2.57. The van der Waals surface area contributed by atoms with E-state index in [-0.39, 0.29) is 17.1 Å². The molecule has 2 atom stereocenters. The number of ether oxygens (including phenoxy) is 3. The maximum atomic E-state index is 13.9. The summed E-state index contributed by atoms with van der Waals surface area (Å²) in [6.07, 6.45) is 0. The molecule has 2 aliphatic rings. The van der Waals surface area contributed by atoms with Gasteiger partial charge < -0.3 is 24.6 Å². The number of benzene rings is 3. The molecule has 3 aromatic carbocycles. The molecule has 1 amide bonds. The summed E-state index contributed by atoms with van der Waals surface area (Å²) in [5.41, 5.74) is 2.38. The molecule has 9 heteroatoms. The lowest BCUT2D eigenvalue weighted by Crippen LogP contribution is -2.69. The van der Waals surface area contributed by atoms with Gasteiger partial charge in [0.15, 0.2) is 6.61 Å². The van der Waals surface area contributed by atoms with Gasteiger partial charge in [0, 0.05) is 11.0 Å². The maximum Gasteiger partial charge on any atom is 0.341 e. The number of hydrogen-bond acceptors (Lipinski definition) is 6. The first-order valence-corrected chi connectivity index (χ1v) is 14.1. The van der Waals surface area contributed by atoms with Crippen molar-refractivity contribution in [3.63, 3.8) is 0 Å². The van der Waals surface area contributed by atoms with Crippen molar-refractivity contribution in [2.24, 2.45) is 5.41 Å². The number of aliphatic carboxylic acids is 1. The molecule has 2 saturated heterocycles. The molecular formula is C31H32FNO6S. The zero-order chi connectivity index (χ0) is 28.5. The topological polar surface area (TPSA) is 94.1 Å². The van der Waals surface area contributed by atoms with E-state index < -0.39 is 29.2 Å². The smallest absolute Gasteiger partial charge is 0.341 e. The van der Waals surface area contributed by atoms with Crippen molar-refractivity contribution < 1.29 is 33.3 Å². The number of hydrogen-bond donors (Lipinski definition) is 2. The minimum absolute atomic E-state index is 0.144. The summed E-state index contributed by atoms with van der Waals surface area (Å²) in [6, 6.07) is 21.0. The van der Waals surface area contributed by atoms with Crippen LogP contribution in [0, 0.1) is 18.2 Å². The van der Waals surface area contributed by atoms with E-state index in [4.69, 9.17) is 19.3 Å². The first kappa shape index (κ1) is 28.1. The Labute approximate surface area is 237 Å². The number of nitrogens with one attached hydrogen (secondary N) is 1. The number of carboxylic acids is 1. The Morgan fingerprint density at radius 1 is 0.975 bits per heavy atom. The number of thioether (sulfide) groups is 1. The van der Waals surface area contributed by atoms with Crippen LogP contribution in [0.25, 0.3) is 0 Å². The molecule has 0 bridgehead atoms. The second-order valence-electron chi connectivity index (χ2n) is 11.1. The van der Waals surface area contributed by atoms with Crippen LogP contribution < -0.4 is 10.1 Å². The first-order chi connectivity index (χ1) is 19.0. The number of carbonyl (C=O) groups is 2. The first-order valence-electron chi connectivity index (χ1n) is 13.0. The van der Waals surface area contributed by atoms with Crippen LogP contribution >= 0.6 is 11.8 Å². The summed E-state index contributed by atoms with van der Waals surface area (Å²) in [4.78, 5) is 24.1. The van der Waals surface area contributed by atoms with Gasteiger partial charge in [-0.3, -0.25) is 4.79 Å². The quantitative estimate of drug-likeness (QED) is 0.353. The van der Waals surface area contributed by atoms with E-state index in [1.165, 1.54) is 23.9 Å². The molecule has 0 aromatic heterocycles. The minimum atomic E-state index is -1.08. The van der Waals surface area contributed by atoms with Crippen LogP contribution in [0.15, 0.2) is 72.8 Å². The van der Waals surface area contributed by atoms with Crippen molar-refractivity contribution in [3.05, 3.63) is 101 Å². The number of aryl methyl sites for hydroxylation is 1. The van der Waals surface area contributed by atoms with Crippen LogP contribution in [0.3, 0.4) is 0 Å². The monoisotopic (exact) mass is 565 g/mol. The van der Waals surface area contributed by atoms with Crippen molar-refractivity contribution in [2.45, 2.75) is 37.3 Å². The predicted octanol–water partition coefficient (Wildman–Crippen LogP) is 5.00. The number of β-lactam (4-membered cyclic amide) rings is 1. The van der Waals surface area contributed by atoms with Gasteiger partial charge in [-0.15, -0.1) is 11.8 Å². The molecule has 7 nitrogen and oxygen atoms in total. The normalized spacial score (nSPS) is 23.1. The van der Waals surface area contributed by atoms with Gasteiger partial charge >= 0.3 is 5.97 Å². The second kappa shape index (κ2) is 10.9. The lowest BCUT2D eigenvalue weighted by molar-refractivity contribution is -0.295. The van der Waals surface area contributed by atoms with E-state index in [0.29, 0.717) is 24.7 Å². The zero-order valence-electron chi connectivity index (χ0n) is 22.6. The molecule has 0 spiro atoms. The molecule has 210 valence electrons. The van der Waals surface area contributed by atoms with Crippen molar-refractivity contribution >= 4 is 23.6 Å². The van der Waals surface area contributed by atoms with Crippen LogP contribution in [-0.4, -0.2) is 47.8 Å². The van der Waals surface area contributed by atoms with Crippen molar-refractivity contribution in [1.82, 2.24) is 5.32 Å². The third kappa shape index (κ3) is 5.46. The number of rotatable bonds is 9. The number of carboxylic acid groups (broad SMARTS) is 1. The number of amides is 1. The van der Waals surface area contributed by atoms with Crippen molar-refractivity contribution in [2.75, 3.05) is 25.6 Å². The van der Waals surface area contributed by atoms with Gasteiger partial charge in [0.1, 0.15) is 22.4 Å². The zero-order valence-corrected chi connectivity index (χ0v) is 23.4. The van der Waals surface area contributed by atoms with Crippen LogP contribution in [0.1, 0.15) is 36.1 Å². The Hall–Kier alpha value is -3.40. The highest BCUT2D eigenvalue weighted by Crippen LogP contribution is 2.48. The Balaban J connectivity index is 1.48. The highest BCUT2D eigenvalue weighted by molar-refractivity contribution is 8.00. The average Bonchev–Trinajstić information content (AvgIpc) is 2.93. The van der Waals surface area contributed by atoms with E-state index in [1.807, 2.05) is 31.2 Å². The molecule has 0 aliphatic carbocycles. The highest BCUT2D eigenvalue weighted by atomic mass is 32.2. The molecule has 2 N–H and O–H groups in total. The molecular weight excluding hydrogens is 533 g/mol. The van der Waals surface area contributed by atoms with Crippen LogP contribution in [0.5, 0.6) is 5.75 Å². The standard InChI is InChI=1S/C31H32FNO6S/c1-20-4-6-21(7-5-20)30(38-17-29(2,3)18-39-30)19-40-27-28(36)33-31(27,22-8-12-24(32)13-9-22)23-10-14-25(15-11-23)37-16-26(34)35/h4-15,27H,16-19H2,1-3H3,(H,33,36)(H,34,35)/t27-,31-/m0/s1. The molecule has 2 heterocycles. The summed E-state index contributed by atoms with van der Waals surface area (Å²) in [5.74, 6) is -1.90. The van der Waals surface area contributed by atoms with Gasteiger partial charge in [0.05, 0.1) is 19.0 Å². The number of carbonyl (C=O) groups excluding carboxylic acids is 1. The fraction of sp³-hybridized carbons (Fsp3) is 0.355. The lowest BCUT2D eigenvalue weighted by atomic mass is 9.74. The predicted molar refractivity (Wildman–Crippen MR) is 150 cm³/mol. The Kier molecular flexibility index (Phi) is 7.65. The molecule has 3 aromatic rings. The van der Waals surface area contributed by atoms with Gasteiger partial charge in [-0.2, -0.15) is 0 Å². The van der Waals surface area contributed by atoms with Crippen molar-refractivity contribution in [1.29, 1.82) is 0 Å². The average molecular weight is 566 g/mol. The summed E-state index contributed by atoms with van der Waals surface area (Å²) in [7, 11) is 0. The molecule has 2 aliphatic heterocycles. The van der Waals surface area contributed by atoms with Gasteiger partial charge in [0.25, 0.3) is 0 Å². The largest absolute Gasteiger partial charge is 0.482 e. The van der Waals surface area contributed by atoms with E-state index in [1.54, 1.807) is 36.4 Å². The fourth-order valence-corrected chi connectivity index (χ4v) is 6.48. The summed E-state index contributed by atoms with van der Waals surface area (Å²) in [6.45, 7) is 6.72. The summed E-state index contributed by atoms with van der Waals surface area (Å²) in [5, 5.41) is 11.4. The molecule has 0 saturated carbocycles. The van der Waals surface area contributed by atoms with Gasteiger partial charge in [-0.05, 0) is 42.3 Å². The van der Waals surface area contributed by atoms with Crippen molar-refractivity contribution in [3.8, 4) is 5.75 Å². The molecule has 0 radical (unpaired) electrons. The third-order valence-corrected chi connectivity index (χ3v) is 8.69. The summed E-state index contributed by atoms with van der Waals surface area (Å²) >= 11 is 1.43. The maximum absolute atomic E-state index is 13.9. The fourth-order valence-electron chi connectivity index (χ4n) is 4.97. The Bertz CT molecular complexity index is 1370. The molecule has 5 rings (SSSR count). The number of halogens is 1. The van der Waals surface area contributed by atoms with Gasteiger partial charge in [-0.1, -0.05) is 67.9 Å². The van der Waals surface area contributed by atoms with E-state index in [0.717, 1.165) is 22.3 Å². The summed E-state index contributed by atoms with van der Waals surface area (Å²) < 4.78 is 32.1. The molecule has 40 heavy (non-hydrogen) atoms. The van der Waals surface area contributed by atoms with Crippen LogP contribution in [-0.2, 0) is 30.4 Å². The molecule has 0 unspecified atom stereocenters. The molecule has 2 fully saturated rings. The van der Waals surface area contributed by atoms with Crippen LogP contribution in [0.4, 0.5) is 4.39 Å². The SMILES string of the molecule is Cc1ccc(C2(CS[C@H]3C(=O)N[C@@]3(c3ccc(F)cc3)c3ccc(OCC(=O)O)cc3)OCC(C)(C)CO2)cc1. The third-order valence-electron chi connectivity index (χ3n) is 7.25. The van der Waals surface area contributed by atoms with Crippen LogP contribution in [0.2, 0.25) is 0 Å². The Morgan fingerprint density at radius 2 is 1.52 bits per heavy atom. The van der Waals surface area contributed by atoms with E-state index in [2.05, 4.69) is 19.2 Å². The Morgan fingerprint density at radius 3 is 2.08 bits per heavy atom. The van der Waals surface area contributed by atoms with Gasteiger partial charge in [0.2, 0.25) is 11.7 Å². The lowest BCUT2D eigenvalue weighted by Gasteiger charge is -2.51. The van der Waals surface area contributed by atoms with E-state index >= 15 is 0 Å². The minimum Gasteiger partial charge on any atom is -0.482 e. The van der Waals surface area contributed by atoms with Gasteiger partial charge in [-0.25, -0.2) is 9.18 Å².